The van der Waals surface area contributed by atoms with Gasteiger partial charge in [-0.2, -0.15) is 0 Å². The average Bonchev–Trinajstić information content (AvgIpc) is 2.30. The minimum absolute atomic E-state index is 0.113. The second-order valence-corrected chi connectivity index (χ2v) is 3.74. The summed E-state index contributed by atoms with van der Waals surface area (Å²) in [5, 5.41) is 5.92. The molecule has 5 nitrogen and oxygen atoms in total. The van der Waals surface area contributed by atoms with E-state index >= 15 is 0 Å². The Morgan fingerprint density at radius 2 is 2.56 bits per heavy atom. The summed E-state index contributed by atoms with van der Waals surface area (Å²) in [6.07, 6.45) is 1.27. The standard InChI is InChI=1S/C11H15N3O2/c1-8-6-9(2-3-13-8)14-11(15)10-7-12-4-5-16-10/h2-3,6,10,12H,4-5,7H2,1H3,(H,13,14,15). The number of aryl methyl sites for hydroxylation is 1. The fourth-order valence-electron chi connectivity index (χ4n) is 1.58. The molecule has 86 valence electrons. The summed E-state index contributed by atoms with van der Waals surface area (Å²) in [5.41, 5.74) is 1.63. The molecule has 5 heteroatoms. The van der Waals surface area contributed by atoms with Crippen molar-refractivity contribution < 1.29 is 9.53 Å². The summed E-state index contributed by atoms with van der Waals surface area (Å²) < 4.78 is 5.35. The van der Waals surface area contributed by atoms with E-state index in [-0.39, 0.29) is 5.91 Å². The third-order valence-corrected chi connectivity index (χ3v) is 2.38. The molecule has 2 heterocycles. The van der Waals surface area contributed by atoms with Crippen LogP contribution in [0.5, 0.6) is 0 Å². The van der Waals surface area contributed by atoms with Crippen LogP contribution in [0.3, 0.4) is 0 Å². The summed E-state index contributed by atoms with van der Waals surface area (Å²) >= 11 is 0. The highest BCUT2D eigenvalue weighted by atomic mass is 16.5. The first-order valence-electron chi connectivity index (χ1n) is 5.31. The van der Waals surface area contributed by atoms with Gasteiger partial charge >= 0.3 is 0 Å². The fraction of sp³-hybridized carbons (Fsp3) is 0.455. The third kappa shape index (κ3) is 2.77. The van der Waals surface area contributed by atoms with E-state index in [1.54, 1.807) is 12.3 Å². The number of morpholine rings is 1. The van der Waals surface area contributed by atoms with Crippen molar-refractivity contribution in [3.05, 3.63) is 24.0 Å². The van der Waals surface area contributed by atoms with Crippen LogP contribution < -0.4 is 10.6 Å². The molecular weight excluding hydrogens is 206 g/mol. The van der Waals surface area contributed by atoms with Crippen LogP contribution in [0.15, 0.2) is 18.3 Å². The van der Waals surface area contributed by atoms with Crippen LogP contribution in [-0.4, -0.2) is 36.7 Å². The Balaban J connectivity index is 1.96. The zero-order valence-electron chi connectivity index (χ0n) is 9.19. The molecule has 1 aliphatic heterocycles. The number of aromatic nitrogens is 1. The predicted octanol–water partition coefficient (Wildman–Crippen LogP) is 0.317. The SMILES string of the molecule is Cc1cc(NC(=O)C2CNCCO2)ccn1. The van der Waals surface area contributed by atoms with Gasteiger partial charge in [0.1, 0.15) is 6.10 Å². The Bertz CT molecular complexity index is 375. The van der Waals surface area contributed by atoms with Crippen LogP contribution in [0, 0.1) is 6.92 Å². The highest BCUT2D eigenvalue weighted by molar-refractivity contribution is 5.94. The van der Waals surface area contributed by atoms with E-state index < -0.39 is 6.10 Å². The number of anilines is 1. The number of hydrogen-bond acceptors (Lipinski definition) is 4. The molecule has 2 N–H and O–H groups in total. The topological polar surface area (TPSA) is 63.2 Å². The van der Waals surface area contributed by atoms with E-state index in [4.69, 9.17) is 4.74 Å². The van der Waals surface area contributed by atoms with Gasteiger partial charge in [0.2, 0.25) is 0 Å². The van der Waals surface area contributed by atoms with E-state index in [0.29, 0.717) is 13.2 Å². The number of ether oxygens (including phenoxy) is 1. The van der Waals surface area contributed by atoms with Crippen molar-refractivity contribution in [2.45, 2.75) is 13.0 Å². The van der Waals surface area contributed by atoms with Gasteiger partial charge in [-0.25, -0.2) is 0 Å². The molecule has 1 fully saturated rings. The second kappa shape index (κ2) is 5.05. The van der Waals surface area contributed by atoms with Crippen LogP contribution in [-0.2, 0) is 9.53 Å². The minimum Gasteiger partial charge on any atom is -0.366 e. The molecule has 16 heavy (non-hydrogen) atoms. The van der Waals surface area contributed by atoms with E-state index in [0.717, 1.165) is 17.9 Å². The van der Waals surface area contributed by atoms with Gasteiger partial charge in [-0.1, -0.05) is 0 Å². The van der Waals surface area contributed by atoms with Crippen molar-refractivity contribution in [2.24, 2.45) is 0 Å². The first-order valence-corrected chi connectivity index (χ1v) is 5.31. The van der Waals surface area contributed by atoms with Crippen LogP contribution in [0.25, 0.3) is 0 Å². The lowest BCUT2D eigenvalue weighted by atomic mass is 10.2. The molecule has 1 aromatic rings. The molecule has 0 aliphatic carbocycles. The van der Waals surface area contributed by atoms with Gasteiger partial charge in [0.25, 0.3) is 5.91 Å². The van der Waals surface area contributed by atoms with Crippen LogP contribution in [0.1, 0.15) is 5.69 Å². The molecule has 1 unspecified atom stereocenters. The number of carbonyl (C=O) groups excluding carboxylic acids is 1. The number of rotatable bonds is 2. The molecular formula is C11H15N3O2. The summed E-state index contributed by atoms with van der Waals surface area (Å²) in [5.74, 6) is -0.113. The molecule has 2 rings (SSSR count). The Morgan fingerprint density at radius 1 is 1.69 bits per heavy atom. The zero-order valence-corrected chi connectivity index (χ0v) is 9.19. The number of pyridine rings is 1. The monoisotopic (exact) mass is 221 g/mol. The van der Waals surface area contributed by atoms with Crippen molar-refractivity contribution in [2.75, 3.05) is 25.0 Å². The Morgan fingerprint density at radius 3 is 3.25 bits per heavy atom. The molecule has 0 bridgehead atoms. The largest absolute Gasteiger partial charge is 0.366 e. The predicted molar refractivity (Wildman–Crippen MR) is 60.2 cm³/mol. The maximum Gasteiger partial charge on any atom is 0.254 e. The minimum atomic E-state index is -0.401. The van der Waals surface area contributed by atoms with Gasteiger partial charge in [0.15, 0.2) is 0 Å². The number of nitrogens with one attached hydrogen (secondary N) is 2. The first-order chi connectivity index (χ1) is 7.75. The lowest BCUT2D eigenvalue weighted by Gasteiger charge is -2.22. The molecule has 0 aromatic carbocycles. The van der Waals surface area contributed by atoms with E-state index in [2.05, 4.69) is 15.6 Å². The van der Waals surface area contributed by atoms with Gasteiger partial charge in [-0.15, -0.1) is 0 Å². The fourth-order valence-corrected chi connectivity index (χ4v) is 1.58. The molecule has 0 spiro atoms. The lowest BCUT2D eigenvalue weighted by molar-refractivity contribution is -0.128. The van der Waals surface area contributed by atoms with Crippen molar-refractivity contribution >= 4 is 11.6 Å². The molecule has 1 atom stereocenters. The molecule has 1 aliphatic rings. The summed E-state index contributed by atoms with van der Waals surface area (Å²) in [6.45, 7) is 3.83. The van der Waals surface area contributed by atoms with E-state index in [1.165, 1.54) is 0 Å². The maximum absolute atomic E-state index is 11.8. The smallest absolute Gasteiger partial charge is 0.254 e. The summed E-state index contributed by atoms with van der Waals surface area (Å²) in [4.78, 5) is 15.8. The highest BCUT2D eigenvalue weighted by Gasteiger charge is 2.21. The van der Waals surface area contributed by atoms with Crippen molar-refractivity contribution in [3.8, 4) is 0 Å². The van der Waals surface area contributed by atoms with Crippen molar-refractivity contribution in [1.82, 2.24) is 10.3 Å². The van der Waals surface area contributed by atoms with Crippen molar-refractivity contribution in [3.63, 3.8) is 0 Å². The van der Waals surface area contributed by atoms with Crippen LogP contribution >= 0.6 is 0 Å². The number of hydrogen-bond donors (Lipinski definition) is 2. The summed E-state index contributed by atoms with van der Waals surface area (Å²) in [6, 6.07) is 3.59. The second-order valence-electron chi connectivity index (χ2n) is 3.74. The normalized spacial score (nSPS) is 20.4. The molecule has 0 radical (unpaired) electrons. The Kier molecular flexibility index (Phi) is 3.48. The van der Waals surface area contributed by atoms with Gasteiger partial charge in [-0.05, 0) is 19.1 Å². The highest BCUT2D eigenvalue weighted by Crippen LogP contribution is 2.08. The first kappa shape index (κ1) is 11.0. The van der Waals surface area contributed by atoms with Crippen molar-refractivity contribution in [1.29, 1.82) is 0 Å². The summed E-state index contributed by atoms with van der Waals surface area (Å²) in [7, 11) is 0. The van der Waals surface area contributed by atoms with Gasteiger partial charge < -0.3 is 15.4 Å². The molecule has 1 saturated heterocycles. The van der Waals surface area contributed by atoms with Gasteiger partial charge in [0, 0.05) is 30.7 Å². The third-order valence-electron chi connectivity index (χ3n) is 2.38. The number of amides is 1. The van der Waals surface area contributed by atoms with E-state index in [9.17, 15) is 4.79 Å². The zero-order chi connectivity index (χ0) is 11.4. The van der Waals surface area contributed by atoms with Crippen LogP contribution in [0.4, 0.5) is 5.69 Å². The average molecular weight is 221 g/mol. The molecule has 0 saturated carbocycles. The molecule has 1 aromatic heterocycles. The lowest BCUT2D eigenvalue weighted by Crippen LogP contribution is -2.45. The van der Waals surface area contributed by atoms with Crippen LogP contribution in [0.2, 0.25) is 0 Å². The molecule has 1 amide bonds. The number of nitrogens with zero attached hydrogens (tertiary/aromatic N) is 1. The van der Waals surface area contributed by atoms with Gasteiger partial charge in [0.05, 0.1) is 6.61 Å². The van der Waals surface area contributed by atoms with Gasteiger partial charge in [-0.3, -0.25) is 9.78 Å². The van der Waals surface area contributed by atoms with E-state index in [1.807, 2.05) is 13.0 Å². The number of carbonyl (C=O) groups is 1. The maximum atomic E-state index is 11.8. The Hall–Kier alpha value is -1.46. The Labute approximate surface area is 94.2 Å². The quantitative estimate of drug-likeness (QED) is 0.754.